The SMILES string of the molecule is CC(C)=CCOc1ccc2cc(/C(C)=N/OCc3ccccc3)c(=O)oc2c1. The van der Waals surface area contributed by atoms with Crippen molar-refractivity contribution >= 4 is 16.7 Å². The highest BCUT2D eigenvalue weighted by atomic mass is 16.6. The molecule has 0 amide bonds. The number of nitrogens with zero attached hydrogens (tertiary/aromatic N) is 1. The van der Waals surface area contributed by atoms with Crippen LogP contribution in [-0.4, -0.2) is 12.3 Å². The summed E-state index contributed by atoms with van der Waals surface area (Å²) in [6.07, 6.45) is 1.98. The average molecular weight is 377 g/mol. The number of hydrogen-bond acceptors (Lipinski definition) is 5. The summed E-state index contributed by atoms with van der Waals surface area (Å²) in [5.41, 5.74) is 3.04. The van der Waals surface area contributed by atoms with Gasteiger partial charge in [0.05, 0.1) is 11.3 Å². The first-order valence-electron chi connectivity index (χ1n) is 9.08. The van der Waals surface area contributed by atoms with Crippen molar-refractivity contribution in [2.45, 2.75) is 27.4 Å². The molecule has 1 aromatic heterocycles. The van der Waals surface area contributed by atoms with Gasteiger partial charge in [0, 0.05) is 11.5 Å². The second kappa shape index (κ2) is 9.04. The third kappa shape index (κ3) is 5.10. The van der Waals surface area contributed by atoms with E-state index in [9.17, 15) is 4.79 Å². The molecular weight excluding hydrogens is 354 g/mol. The molecule has 5 heteroatoms. The highest BCUT2D eigenvalue weighted by Gasteiger charge is 2.10. The van der Waals surface area contributed by atoms with Gasteiger partial charge in [-0.05, 0) is 50.6 Å². The molecule has 0 aliphatic heterocycles. The maximum Gasteiger partial charge on any atom is 0.345 e. The van der Waals surface area contributed by atoms with Crippen LogP contribution in [0.2, 0.25) is 0 Å². The van der Waals surface area contributed by atoms with Crippen molar-refractivity contribution in [3.05, 3.63) is 87.8 Å². The van der Waals surface area contributed by atoms with E-state index in [4.69, 9.17) is 14.0 Å². The maximum absolute atomic E-state index is 12.4. The summed E-state index contributed by atoms with van der Waals surface area (Å²) in [6, 6.07) is 16.9. The molecule has 1 heterocycles. The van der Waals surface area contributed by atoms with E-state index in [-0.39, 0.29) is 0 Å². The molecular formula is C23H23NO4. The molecule has 0 bridgehead atoms. The van der Waals surface area contributed by atoms with Crippen LogP contribution in [0, 0.1) is 0 Å². The molecule has 0 saturated carbocycles. The molecule has 0 unspecified atom stereocenters. The molecule has 0 saturated heterocycles. The van der Waals surface area contributed by atoms with Gasteiger partial charge in [0.1, 0.15) is 24.5 Å². The molecule has 0 radical (unpaired) electrons. The van der Waals surface area contributed by atoms with Gasteiger partial charge in [0.25, 0.3) is 0 Å². The Kier molecular flexibility index (Phi) is 6.27. The largest absolute Gasteiger partial charge is 0.489 e. The van der Waals surface area contributed by atoms with Gasteiger partial charge < -0.3 is 14.0 Å². The van der Waals surface area contributed by atoms with E-state index in [0.717, 1.165) is 10.9 Å². The number of fused-ring (bicyclic) bond motifs is 1. The Morgan fingerprint density at radius 3 is 2.61 bits per heavy atom. The van der Waals surface area contributed by atoms with Crippen LogP contribution in [0.3, 0.4) is 0 Å². The number of allylic oxidation sites excluding steroid dienone is 1. The Morgan fingerprint density at radius 1 is 1.07 bits per heavy atom. The molecule has 0 spiro atoms. The van der Waals surface area contributed by atoms with Gasteiger partial charge in [-0.15, -0.1) is 0 Å². The minimum absolute atomic E-state index is 0.337. The Hall–Kier alpha value is -3.34. The zero-order chi connectivity index (χ0) is 19.9. The third-order valence-corrected chi connectivity index (χ3v) is 4.11. The van der Waals surface area contributed by atoms with Crippen molar-refractivity contribution in [3.8, 4) is 5.75 Å². The lowest BCUT2D eigenvalue weighted by molar-refractivity contribution is 0.130. The first kappa shape index (κ1) is 19.4. The first-order valence-corrected chi connectivity index (χ1v) is 9.08. The van der Waals surface area contributed by atoms with Gasteiger partial charge in [-0.25, -0.2) is 4.79 Å². The summed E-state index contributed by atoms with van der Waals surface area (Å²) in [5.74, 6) is 0.650. The van der Waals surface area contributed by atoms with E-state index >= 15 is 0 Å². The van der Waals surface area contributed by atoms with Crippen LogP contribution in [0.1, 0.15) is 31.9 Å². The summed E-state index contributed by atoms with van der Waals surface area (Å²) in [4.78, 5) is 17.7. The van der Waals surface area contributed by atoms with Gasteiger partial charge in [-0.2, -0.15) is 0 Å². The number of ether oxygens (including phenoxy) is 1. The van der Waals surface area contributed by atoms with E-state index in [1.807, 2.05) is 62.4 Å². The van der Waals surface area contributed by atoms with Gasteiger partial charge in [0.2, 0.25) is 0 Å². The molecule has 0 aliphatic carbocycles. The Balaban J connectivity index is 1.76. The molecule has 0 aliphatic rings. The second-order valence-electron chi connectivity index (χ2n) is 6.68. The second-order valence-corrected chi connectivity index (χ2v) is 6.68. The van der Waals surface area contributed by atoms with Gasteiger partial charge in [-0.1, -0.05) is 41.1 Å². The normalized spacial score (nSPS) is 11.3. The van der Waals surface area contributed by atoms with Crippen molar-refractivity contribution in [1.29, 1.82) is 0 Å². The molecule has 0 fully saturated rings. The smallest absolute Gasteiger partial charge is 0.345 e. The van der Waals surface area contributed by atoms with Gasteiger partial charge in [0.15, 0.2) is 0 Å². The lowest BCUT2D eigenvalue weighted by atomic mass is 10.1. The zero-order valence-corrected chi connectivity index (χ0v) is 16.3. The van der Waals surface area contributed by atoms with E-state index in [0.29, 0.717) is 35.8 Å². The van der Waals surface area contributed by atoms with E-state index in [2.05, 4.69) is 5.16 Å². The Bertz CT molecular complexity index is 1060. The van der Waals surface area contributed by atoms with E-state index in [1.54, 1.807) is 19.1 Å². The minimum atomic E-state index is -0.460. The van der Waals surface area contributed by atoms with Gasteiger partial charge >= 0.3 is 5.63 Å². The molecule has 3 aromatic rings. The van der Waals surface area contributed by atoms with Crippen LogP contribution in [0.4, 0.5) is 0 Å². The van der Waals surface area contributed by atoms with Crippen molar-refractivity contribution in [2.75, 3.05) is 6.61 Å². The average Bonchev–Trinajstić information content (AvgIpc) is 2.68. The van der Waals surface area contributed by atoms with Crippen LogP contribution in [0.25, 0.3) is 11.0 Å². The summed E-state index contributed by atoms with van der Waals surface area (Å²) < 4.78 is 11.1. The fourth-order valence-corrected chi connectivity index (χ4v) is 2.57. The number of benzene rings is 2. The first-order chi connectivity index (χ1) is 13.5. The van der Waals surface area contributed by atoms with Crippen LogP contribution >= 0.6 is 0 Å². The lowest BCUT2D eigenvalue weighted by Crippen LogP contribution is -2.12. The van der Waals surface area contributed by atoms with Crippen molar-refractivity contribution in [1.82, 2.24) is 0 Å². The fourth-order valence-electron chi connectivity index (χ4n) is 2.57. The van der Waals surface area contributed by atoms with Crippen LogP contribution in [0.5, 0.6) is 5.75 Å². The van der Waals surface area contributed by atoms with Crippen LogP contribution in [-0.2, 0) is 11.4 Å². The standard InChI is InChI=1S/C23H23NO4/c1-16(2)11-12-26-20-10-9-19-13-21(23(25)28-22(19)14-20)17(3)24-27-15-18-7-5-4-6-8-18/h4-11,13-14H,12,15H2,1-3H3/b24-17+. The minimum Gasteiger partial charge on any atom is -0.489 e. The Labute approximate surface area is 163 Å². The van der Waals surface area contributed by atoms with Gasteiger partial charge in [-0.3, -0.25) is 0 Å². The predicted octanol–water partition coefficient (Wildman–Crippen LogP) is 5.08. The van der Waals surface area contributed by atoms with Crippen LogP contribution < -0.4 is 10.4 Å². The Morgan fingerprint density at radius 2 is 1.86 bits per heavy atom. The summed E-state index contributed by atoms with van der Waals surface area (Å²) in [5, 5.41) is 4.85. The topological polar surface area (TPSA) is 61.0 Å². The molecule has 28 heavy (non-hydrogen) atoms. The number of hydrogen-bond donors (Lipinski definition) is 0. The maximum atomic E-state index is 12.4. The lowest BCUT2D eigenvalue weighted by Gasteiger charge is -2.06. The van der Waals surface area contributed by atoms with Crippen molar-refractivity contribution in [2.24, 2.45) is 5.16 Å². The van der Waals surface area contributed by atoms with Crippen molar-refractivity contribution in [3.63, 3.8) is 0 Å². The van der Waals surface area contributed by atoms with Crippen molar-refractivity contribution < 1.29 is 14.0 Å². The molecule has 3 rings (SSSR count). The zero-order valence-electron chi connectivity index (χ0n) is 16.3. The number of oxime groups is 1. The van der Waals surface area contributed by atoms with E-state index in [1.165, 1.54) is 5.57 Å². The molecule has 0 N–H and O–H groups in total. The molecule has 0 atom stereocenters. The van der Waals surface area contributed by atoms with E-state index < -0.39 is 5.63 Å². The van der Waals surface area contributed by atoms with Crippen LogP contribution in [0.15, 0.2) is 80.6 Å². The molecule has 144 valence electrons. The molecule has 5 nitrogen and oxygen atoms in total. The highest BCUT2D eigenvalue weighted by molar-refractivity contribution is 6.00. The monoisotopic (exact) mass is 377 g/mol. The number of rotatable bonds is 7. The predicted molar refractivity (Wildman–Crippen MR) is 111 cm³/mol. The quantitative estimate of drug-likeness (QED) is 0.249. The highest BCUT2D eigenvalue weighted by Crippen LogP contribution is 2.21. The molecule has 2 aromatic carbocycles. The third-order valence-electron chi connectivity index (χ3n) is 4.11. The summed E-state index contributed by atoms with van der Waals surface area (Å²) in [6.45, 7) is 6.56. The fraction of sp³-hybridized carbons (Fsp3) is 0.217. The summed E-state index contributed by atoms with van der Waals surface area (Å²) >= 11 is 0. The summed E-state index contributed by atoms with van der Waals surface area (Å²) in [7, 11) is 0.